The van der Waals surface area contributed by atoms with Crippen LogP contribution in [0.25, 0.3) is 22.8 Å². The van der Waals surface area contributed by atoms with Gasteiger partial charge in [-0.25, -0.2) is 0 Å². The number of rotatable bonds is 3. The van der Waals surface area contributed by atoms with Gasteiger partial charge >= 0.3 is 5.82 Å². The molecule has 0 spiro atoms. The Morgan fingerprint density at radius 3 is 1.83 bits per heavy atom. The van der Waals surface area contributed by atoms with Gasteiger partial charge in [0.2, 0.25) is 0 Å². The van der Waals surface area contributed by atoms with E-state index in [1.807, 2.05) is 88.3 Å². The maximum absolute atomic E-state index is 4.42. The van der Waals surface area contributed by atoms with Gasteiger partial charge in [0.25, 0.3) is 0 Å². The van der Waals surface area contributed by atoms with Crippen LogP contribution in [0.2, 0.25) is 0 Å². The minimum absolute atomic E-state index is 0. The Bertz CT molecular complexity index is 849. The van der Waals surface area contributed by atoms with Gasteiger partial charge in [0.15, 0.2) is 10.9 Å². The van der Waals surface area contributed by atoms with E-state index in [1.54, 1.807) is 0 Å². The Balaban J connectivity index is 0.00000169. The number of hydrogen-bond donors (Lipinski definition) is 0. The number of benzene rings is 3. The predicted molar refractivity (Wildman–Crippen MR) is 95.6 cm³/mol. The highest BCUT2D eigenvalue weighted by Gasteiger charge is 2.24. The Morgan fingerprint density at radius 2 is 1.21 bits per heavy atom. The van der Waals surface area contributed by atoms with Crippen molar-refractivity contribution < 1.29 is 4.80 Å². The van der Waals surface area contributed by atoms with Gasteiger partial charge in [-0.3, -0.25) is 0 Å². The maximum atomic E-state index is 4.42. The van der Waals surface area contributed by atoms with Crippen LogP contribution in [0.5, 0.6) is 0 Å². The molecule has 0 saturated carbocycles. The average molecular weight is 336 g/mol. The summed E-state index contributed by atoms with van der Waals surface area (Å²) in [5, 5.41) is 8.78. The fraction of sp³-hybridized carbons (Fsp3) is 0. The minimum Gasteiger partial charge on any atom is -0.147 e. The first-order chi connectivity index (χ1) is 11.4. The molecule has 3 aromatic carbocycles. The van der Waals surface area contributed by atoms with Crippen LogP contribution < -0.4 is 4.80 Å². The summed E-state index contributed by atoms with van der Waals surface area (Å²) >= 11 is 0. The van der Waals surface area contributed by atoms with Gasteiger partial charge in [0.05, 0.1) is 16.3 Å². The Hall–Kier alpha value is -2.98. The molecule has 0 bridgehead atoms. The number of para-hydroxylation sites is 2. The highest BCUT2D eigenvalue weighted by molar-refractivity contribution is 5.85. The van der Waals surface area contributed by atoms with E-state index in [2.05, 4.69) is 22.4 Å². The summed E-state index contributed by atoms with van der Waals surface area (Å²) in [7, 11) is 0. The molecule has 0 radical (unpaired) electrons. The normalized spacial score (nSPS) is 10.2. The largest absolute Gasteiger partial charge is 0.320 e. The SMILES string of the molecule is Cl.c1ccc(-c2nn[n+](-c3ccccc3)n2-c2ccccc2)cc1. The van der Waals surface area contributed by atoms with Crippen LogP contribution in [0, 0.1) is 0 Å². The monoisotopic (exact) mass is 335 g/mol. The van der Waals surface area contributed by atoms with Crippen molar-refractivity contribution in [3.05, 3.63) is 91.0 Å². The summed E-state index contributed by atoms with van der Waals surface area (Å²) < 4.78 is 2.02. The van der Waals surface area contributed by atoms with Crippen LogP contribution in [-0.2, 0) is 0 Å². The summed E-state index contributed by atoms with van der Waals surface area (Å²) in [6, 6.07) is 30.2. The molecule has 4 nitrogen and oxygen atoms in total. The summed E-state index contributed by atoms with van der Waals surface area (Å²) in [5.41, 5.74) is 3.00. The van der Waals surface area contributed by atoms with Crippen molar-refractivity contribution in [2.24, 2.45) is 0 Å². The van der Waals surface area contributed by atoms with Crippen LogP contribution >= 0.6 is 12.4 Å². The molecule has 0 fully saturated rings. The molecule has 4 rings (SSSR count). The molecule has 0 unspecified atom stereocenters. The Morgan fingerprint density at radius 1 is 0.667 bits per heavy atom. The summed E-state index contributed by atoms with van der Waals surface area (Å²) in [6.45, 7) is 0. The zero-order chi connectivity index (χ0) is 15.5. The predicted octanol–water partition coefficient (Wildman–Crippen LogP) is 3.63. The molecular formula is C19H16ClN4+. The van der Waals surface area contributed by atoms with Crippen molar-refractivity contribution in [1.29, 1.82) is 0 Å². The van der Waals surface area contributed by atoms with Gasteiger partial charge < -0.3 is 0 Å². The lowest BCUT2D eigenvalue weighted by Gasteiger charge is -2.04. The Kier molecular flexibility index (Phi) is 4.68. The van der Waals surface area contributed by atoms with Crippen molar-refractivity contribution in [3.8, 4) is 22.8 Å². The van der Waals surface area contributed by atoms with E-state index in [0.29, 0.717) is 0 Å². The van der Waals surface area contributed by atoms with Crippen molar-refractivity contribution in [3.63, 3.8) is 0 Å². The number of tetrazole rings is 1. The lowest BCUT2D eigenvalue weighted by Crippen LogP contribution is -2.42. The summed E-state index contributed by atoms with van der Waals surface area (Å²) in [5.74, 6) is 0.806. The molecule has 5 heteroatoms. The van der Waals surface area contributed by atoms with E-state index >= 15 is 0 Å². The molecule has 0 atom stereocenters. The third-order valence-corrected chi connectivity index (χ3v) is 3.63. The van der Waals surface area contributed by atoms with Crippen molar-refractivity contribution in [1.82, 2.24) is 15.0 Å². The number of nitrogens with zero attached hydrogens (tertiary/aromatic N) is 4. The topological polar surface area (TPSA) is 34.6 Å². The van der Waals surface area contributed by atoms with Crippen LogP contribution in [0.15, 0.2) is 91.0 Å². The third kappa shape index (κ3) is 2.92. The van der Waals surface area contributed by atoms with E-state index < -0.39 is 0 Å². The first-order valence-electron chi connectivity index (χ1n) is 7.48. The second kappa shape index (κ2) is 7.06. The Labute approximate surface area is 146 Å². The maximum Gasteiger partial charge on any atom is 0.320 e. The van der Waals surface area contributed by atoms with E-state index in [9.17, 15) is 0 Å². The number of aromatic nitrogens is 4. The van der Waals surface area contributed by atoms with Crippen LogP contribution in [-0.4, -0.2) is 15.0 Å². The van der Waals surface area contributed by atoms with Crippen molar-refractivity contribution in [2.45, 2.75) is 0 Å². The quantitative estimate of drug-likeness (QED) is 0.536. The lowest BCUT2D eigenvalue weighted by molar-refractivity contribution is -0.733. The second-order valence-corrected chi connectivity index (χ2v) is 5.15. The average Bonchev–Trinajstić information content (AvgIpc) is 3.09. The summed E-state index contributed by atoms with van der Waals surface area (Å²) in [4.78, 5) is 1.82. The van der Waals surface area contributed by atoms with Crippen molar-refractivity contribution in [2.75, 3.05) is 0 Å². The van der Waals surface area contributed by atoms with Crippen molar-refractivity contribution >= 4 is 12.4 Å². The molecule has 4 aromatic rings. The first-order valence-corrected chi connectivity index (χ1v) is 7.48. The van der Waals surface area contributed by atoms with Crippen LogP contribution in [0.3, 0.4) is 0 Å². The van der Waals surface area contributed by atoms with Gasteiger partial charge in [0.1, 0.15) is 0 Å². The molecule has 118 valence electrons. The minimum atomic E-state index is 0. The third-order valence-electron chi connectivity index (χ3n) is 3.63. The number of halogens is 1. The molecule has 0 N–H and O–H groups in total. The van der Waals surface area contributed by atoms with E-state index in [0.717, 1.165) is 22.8 Å². The molecule has 0 aliphatic rings. The van der Waals surface area contributed by atoms with E-state index in [-0.39, 0.29) is 12.4 Å². The van der Waals surface area contributed by atoms with Gasteiger partial charge in [-0.15, -0.1) is 17.1 Å². The van der Waals surface area contributed by atoms with Crippen LogP contribution in [0.4, 0.5) is 0 Å². The highest BCUT2D eigenvalue weighted by Crippen LogP contribution is 2.18. The van der Waals surface area contributed by atoms with Crippen LogP contribution in [0.1, 0.15) is 0 Å². The lowest BCUT2D eigenvalue weighted by atomic mass is 10.2. The molecule has 0 saturated heterocycles. The van der Waals surface area contributed by atoms with E-state index in [4.69, 9.17) is 0 Å². The molecule has 1 aromatic heterocycles. The number of hydrogen-bond acceptors (Lipinski definition) is 2. The second-order valence-electron chi connectivity index (χ2n) is 5.15. The molecule has 0 aliphatic heterocycles. The highest BCUT2D eigenvalue weighted by atomic mass is 35.5. The zero-order valence-corrected chi connectivity index (χ0v) is 13.7. The molecule has 24 heavy (non-hydrogen) atoms. The first kappa shape index (κ1) is 15.9. The van der Waals surface area contributed by atoms with Gasteiger partial charge in [0, 0.05) is 0 Å². The zero-order valence-electron chi connectivity index (χ0n) is 12.9. The molecule has 0 aliphatic carbocycles. The fourth-order valence-electron chi connectivity index (χ4n) is 2.55. The standard InChI is InChI=1S/C19H15N4.ClH/c1-4-10-16(11-5-1)19-20-21-23(18-14-8-3-9-15-18)22(19)17-12-6-2-7-13-17;/h1-15H;1H/q+1;. The molecule has 0 amide bonds. The van der Waals surface area contributed by atoms with Gasteiger partial charge in [-0.2, -0.15) is 0 Å². The fourth-order valence-corrected chi connectivity index (χ4v) is 2.55. The van der Waals surface area contributed by atoms with Gasteiger partial charge in [-0.1, -0.05) is 54.6 Å². The molecular weight excluding hydrogens is 320 g/mol. The molecule has 1 heterocycles. The smallest absolute Gasteiger partial charge is 0.147 e. The summed E-state index contributed by atoms with van der Waals surface area (Å²) in [6.07, 6.45) is 0. The van der Waals surface area contributed by atoms with Gasteiger partial charge in [-0.05, 0) is 41.2 Å². The van der Waals surface area contributed by atoms with E-state index in [1.165, 1.54) is 0 Å².